The second-order valence-corrected chi connectivity index (χ2v) is 7.53. The Morgan fingerprint density at radius 1 is 1.03 bits per heavy atom. The first-order valence-electron chi connectivity index (χ1n) is 10.2. The Bertz CT molecular complexity index is 1200. The van der Waals surface area contributed by atoms with E-state index in [9.17, 15) is 14.4 Å². The van der Waals surface area contributed by atoms with Gasteiger partial charge in [0.05, 0.1) is 18.4 Å². The lowest BCUT2D eigenvalue weighted by Gasteiger charge is -2.09. The third kappa shape index (κ3) is 5.87. The Kier molecular flexibility index (Phi) is 7.63. The van der Waals surface area contributed by atoms with Crippen LogP contribution >= 0.6 is 11.6 Å². The minimum Gasteiger partial charge on any atom is -0.462 e. The molecule has 0 aliphatic carbocycles. The van der Waals surface area contributed by atoms with Gasteiger partial charge >= 0.3 is 17.8 Å². The number of aryl methyl sites for hydroxylation is 1. The van der Waals surface area contributed by atoms with E-state index in [0.717, 1.165) is 22.6 Å². The lowest BCUT2D eigenvalue weighted by atomic mass is 10.2. The highest BCUT2D eigenvalue weighted by Gasteiger charge is 2.14. The molecule has 3 rings (SSSR count). The third-order valence-electron chi connectivity index (χ3n) is 4.78. The van der Waals surface area contributed by atoms with E-state index in [1.165, 1.54) is 30.5 Å². The van der Waals surface area contributed by atoms with Crippen molar-refractivity contribution in [1.82, 2.24) is 9.99 Å². The smallest absolute Gasteiger partial charge is 0.338 e. The van der Waals surface area contributed by atoms with E-state index in [0.29, 0.717) is 16.3 Å². The summed E-state index contributed by atoms with van der Waals surface area (Å²) in [4.78, 5) is 35.9. The van der Waals surface area contributed by atoms with Gasteiger partial charge in [-0.05, 0) is 75.4 Å². The number of hydrogen-bond donors (Lipinski definition) is 2. The summed E-state index contributed by atoms with van der Waals surface area (Å²) in [6, 6.07) is 15.4. The predicted octanol–water partition coefficient (Wildman–Crippen LogP) is 4.01. The average molecular weight is 467 g/mol. The van der Waals surface area contributed by atoms with Gasteiger partial charge in [0.15, 0.2) is 0 Å². The van der Waals surface area contributed by atoms with Gasteiger partial charge in [0.25, 0.3) is 0 Å². The van der Waals surface area contributed by atoms with E-state index in [1.807, 2.05) is 48.7 Å². The molecule has 2 N–H and O–H groups in total. The summed E-state index contributed by atoms with van der Waals surface area (Å²) >= 11 is 5.97. The Morgan fingerprint density at radius 2 is 1.70 bits per heavy atom. The minimum absolute atomic E-state index is 0.267. The van der Waals surface area contributed by atoms with Gasteiger partial charge in [-0.2, -0.15) is 5.10 Å². The molecule has 0 atom stereocenters. The molecule has 170 valence electrons. The lowest BCUT2D eigenvalue weighted by molar-refractivity contribution is -0.136. The lowest BCUT2D eigenvalue weighted by Crippen LogP contribution is -2.32. The quantitative estimate of drug-likeness (QED) is 0.248. The van der Waals surface area contributed by atoms with Crippen LogP contribution < -0.4 is 10.7 Å². The van der Waals surface area contributed by atoms with Crippen molar-refractivity contribution in [2.45, 2.75) is 20.8 Å². The number of anilines is 1. The van der Waals surface area contributed by atoms with Crippen molar-refractivity contribution >= 4 is 41.3 Å². The number of hydrazone groups is 1. The van der Waals surface area contributed by atoms with Gasteiger partial charge in [0.2, 0.25) is 0 Å². The molecule has 1 heterocycles. The zero-order valence-electron chi connectivity index (χ0n) is 18.4. The van der Waals surface area contributed by atoms with E-state index >= 15 is 0 Å². The van der Waals surface area contributed by atoms with Crippen molar-refractivity contribution in [2.24, 2.45) is 5.10 Å². The van der Waals surface area contributed by atoms with Crippen LogP contribution in [0.2, 0.25) is 5.02 Å². The summed E-state index contributed by atoms with van der Waals surface area (Å²) in [7, 11) is 0. The molecule has 0 radical (unpaired) electrons. The molecule has 0 saturated carbocycles. The molecule has 0 aliphatic heterocycles. The standard InChI is InChI=1S/C24H23ClN4O4/c1-4-33-24(32)17-5-9-20(10-6-17)27-22(30)23(31)28-26-14-18-13-15(2)29(16(18)3)21-11-7-19(25)8-12-21/h5-14H,4H2,1-3H3,(H,27,30)(H,28,31)/b26-14-. The van der Waals surface area contributed by atoms with E-state index in [2.05, 4.69) is 15.8 Å². The van der Waals surface area contributed by atoms with Crippen LogP contribution in [0.4, 0.5) is 5.69 Å². The van der Waals surface area contributed by atoms with Gasteiger partial charge in [0, 0.05) is 33.3 Å². The van der Waals surface area contributed by atoms with Crippen LogP contribution in [-0.2, 0) is 14.3 Å². The minimum atomic E-state index is -0.924. The number of carbonyl (C=O) groups excluding carboxylic acids is 3. The number of halogens is 1. The average Bonchev–Trinajstić information content (AvgIpc) is 3.08. The fourth-order valence-corrected chi connectivity index (χ4v) is 3.33. The van der Waals surface area contributed by atoms with Crippen LogP contribution in [-0.4, -0.2) is 35.2 Å². The first kappa shape index (κ1) is 23.7. The summed E-state index contributed by atoms with van der Waals surface area (Å²) in [6.07, 6.45) is 1.48. The molecule has 8 nitrogen and oxygen atoms in total. The van der Waals surface area contributed by atoms with E-state index in [1.54, 1.807) is 6.92 Å². The first-order valence-corrected chi connectivity index (χ1v) is 10.5. The summed E-state index contributed by atoms with van der Waals surface area (Å²) < 4.78 is 6.94. The van der Waals surface area contributed by atoms with Crippen molar-refractivity contribution in [3.8, 4) is 5.69 Å². The van der Waals surface area contributed by atoms with Crippen molar-refractivity contribution in [1.29, 1.82) is 0 Å². The van der Waals surface area contributed by atoms with E-state index in [-0.39, 0.29) is 6.61 Å². The molecule has 33 heavy (non-hydrogen) atoms. The topological polar surface area (TPSA) is 102 Å². The largest absolute Gasteiger partial charge is 0.462 e. The molecule has 2 aromatic carbocycles. The number of hydrogen-bond acceptors (Lipinski definition) is 5. The second-order valence-electron chi connectivity index (χ2n) is 7.09. The zero-order chi connectivity index (χ0) is 24.0. The summed E-state index contributed by atoms with van der Waals surface area (Å²) in [5, 5.41) is 7.00. The van der Waals surface area contributed by atoms with E-state index < -0.39 is 17.8 Å². The van der Waals surface area contributed by atoms with Crippen LogP contribution in [0.15, 0.2) is 59.7 Å². The SMILES string of the molecule is CCOC(=O)c1ccc(NC(=O)C(=O)N/N=C\c2cc(C)n(-c3ccc(Cl)cc3)c2C)cc1. The van der Waals surface area contributed by atoms with Gasteiger partial charge in [-0.1, -0.05) is 11.6 Å². The number of rotatable bonds is 6. The normalized spacial score (nSPS) is 10.8. The number of ether oxygens (including phenoxy) is 1. The van der Waals surface area contributed by atoms with Gasteiger partial charge in [-0.3, -0.25) is 9.59 Å². The highest BCUT2D eigenvalue weighted by molar-refractivity contribution is 6.39. The van der Waals surface area contributed by atoms with Crippen LogP contribution in [0.1, 0.15) is 34.2 Å². The van der Waals surface area contributed by atoms with Gasteiger partial charge < -0.3 is 14.6 Å². The van der Waals surface area contributed by atoms with Crippen LogP contribution in [0, 0.1) is 13.8 Å². The molecular formula is C24H23ClN4O4. The van der Waals surface area contributed by atoms with Crippen molar-refractivity contribution < 1.29 is 19.1 Å². The molecule has 0 saturated heterocycles. The Balaban J connectivity index is 1.61. The maximum absolute atomic E-state index is 12.1. The number of aromatic nitrogens is 1. The fraction of sp³-hybridized carbons (Fsp3) is 0.167. The number of amides is 2. The highest BCUT2D eigenvalue weighted by atomic mass is 35.5. The zero-order valence-corrected chi connectivity index (χ0v) is 19.1. The number of benzene rings is 2. The molecule has 9 heteroatoms. The molecule has 0 unspecified atom stereocenters. The van der Waals surface area contributed by atoms with Crippen molar-refractivity contribution in [3.05, 3.63) is 82.1 Å². The number of nitrogens with one attached hydrogen (secondary N) is 2. The van der Waals surface area contributed by atoms with E-state index in [4.69, 9.17) is 16.3 Å². The molecule has 0 spiro atoms. The van der Waals surface area contributed by atoms with Crippen molar-refractivity contribution in [3.63, 3.8) is 0 Å². The Hall–Kier alpha value is -3.91. The molecular weight excluding hydrogens is 444 g/mol. The summed E-state index contributed by atoms with van der Waals surface area (Å²) in [5.74, 6) is -2.27. The number of carbonyl (C=O) groups is 3. The molecule has 0 bridgehead atoms. The predicted molar refractivity (Wildman–Crippen MR) is 127 cm³/mol. The summed E-state index contributed by atoms with van der Waals surface area (Å²) in [5.41, 5.74) is 6.56. The molecule has 2 amide bonds. The monoisotopic (exact) mass is 466 g/mol. The van der Waals surface area contributed by atoms with Crippen molar-refractivity contribution in [2.75, 3.05) is 11.9 Å². The number of esters is 1. The highest BCUT2D eigenvalue weighted by Crippen LogP contribution is 2.21. The molecule has 1 aromatic heterocycles. The maximum atomic E-state index is 12.1. The Morgan fingerprint density at radius 3 is 2.33 bits per heavy atom. The second kappa shape index (κ2) is 10.6. The maximum Gasteiger partial charge on any atom is 0.338 e. The molecule has 3 aromatic rings. The van der Waals surface area contributed by atoms with Crippen LogP contribution in [0.25, 0.3) is 5.69 Å². The van der Waals surface area contributed by atoms with Gasteiger partial charge in [0.1, 0.15) is 0 Å². The van der Waals surface area contributed by atoms with Crippen LogP contribution in [0.5, 0.6) is 0 Å². The number of nitrogens with zero attached hydrogens (tertiary/aromatic N) is 2. The fourth-order valence-electron chi connectivity index (χ4n) is 3.21. The van der Waals surface area contributed by atoms with Crippen LogP contribution in [0.3, 0.4) is 0 Å². The van der Waals surface area contributed by atoms with Gasteiger partial charge in [-0.15, -0.1) is 0 Å². The molecule has 0 aliphatic rings. The summed E-state index contributed by atoms with van der Waals surface area (Å²) in [6.45, 7) is 5.86. The Labute approximate surface area is 196 Å². The third-order valence-corrected chi connectivity index (χ3v) is 5.04. The van der Waals surface area contributed by atoms with Gasteiger partial charge in [-0.25, -0.2) is 10.2 Å². The molecule has 0 fully saturated rings. The first-order chi connectivity index (χ1) is 15.8.